The minimum Gasteiger partial charge on any atom is -0.340 e. The molecule has 0 bridgehead atoms. The van der Waals surface area contributed by atoms with Gasteiger partial charge < -0.3 is 10.2 Å². The fraction of sp³-hybridized carbons (Fsp3) is 0.500. The molecule has 0 aromatic heterocycles. The number of sulfone groups is 1. The number of hydrogen-bond donors (Lipinski definition) is 1. The smallest absolute Gasteiger partial charge is 0.254 e. The lowest BCUT2D eigenvalue weighted by Gasteiger charge is -2.18. The lowest BCUT2D eigenvalue weighted by Crippen LogP contribution is -2.33. The standard InChI is InChI=1S/C14H22N2O3S/c1-4-11-20(18,19)13-8-6-5-7-12(13)14(17)16(3)10-9-15-2/h5-8,15H,4,9-11H2,1-3H3. The number of hydrogen-bond acceptors (Lipinski definition) is 4. The Balaban J connectivity index is 3.10. The fourth-order valence-corrected chi connectivity index (χ4v) is 3.41. The maximum atomic E-state index is 12.4. The van der Waals surface area contributed by atoms with Crippen molar-refractivity contribution in [2.24, 2.45) is 0 Å². The first-order valence-corrected chi connectivity index (χ1v) is 8.31. The number of amides is 1. The average Bonchev–Trinajstić information content (AvgIpc) is 2.44. The van der Waals surface area contributed by atoms with Crippen LogP contribution in [-0.2, 0) is 9.84 Å². The summed E-state index contributed by atoms with van der Waals surface area (Å²) in [5.74, 6) is -0.215. The number of benzene rings is 1. The van der Waals surface area contributed by atoms with E-state index in [0.717, 1.165) is 0 Å². The summed E-state index contributed by atoms with van der Waals surface area (Å²) in [5, 5.41) is 2.96. The molecule has 0 atom stereocenters. The van der Waals surface area contributed by atoms with E-state index in [2.05, 4.69) is 5.32 Å². The maximum absolute atomic E-state index is 12.4. The zero-order chi connectivity index (χ0) is 15.2. The van der Waals surface area contributed by atoms with Crippen LogP contribution in [0.4, 0.5) is 0 Å². The summed E-state index contributed by atoms with van der Waals surface area (Å²) in [6, 6.07) is 6.40. The average molecular weight is 298 g/mol. The van der Waals surface area contributed by atoms with Crippen molar-refractivity contribution in [3.05, 3.63) is 29.8 Å². The predicted octanol–water partition coefficient (Wildman–Crippen LogP) is 1.16. The number of nitrogens with one attached hydrogen (secondary N) is 1. The van der Waals surface area contributed by atoms with Crippen LogP contribution < -0.4 is 5.32 Å². The summed E-state index contributed by atoms with van der Waals surface area (Å²) in [5.41, 5.74) is 0.250. The highest BCUT2D eigenvalue weighted by Crippen LogP contribution is 2.19. The Kier molecular flexibility index (Phi) is 6.16. The van der Waals surface area contributed by atoms with Crippen molar-refractivity contribution in [2.45, 2.75) is 18.2 Å². The monoisotopic (exact) mass is 298 g/mol. The lowest BCUT2D eigenvalue weighted by atomic mass is 10.2. The van der Waals surface area contributed by atoms with Crippen molar-refractivity contribution in [3.63, 3.8) is 0 Å². The van der Waals surface area contributed by atoms with Gasteiger partial charge in [-0.05, 0) is 25.6 Å². The summed E-state index contributed by atoms with van der Waals surface area (Å²) in [6.45, 7) is 2.99. The summed E-state index contributed by atoms with van der Waals surface area (Å²) in [4.78, 5) is 14.0. The highest BCUT2D eigenvalue weighted by Gasteiger charge is 2.23. The number of nitrogens with zero attached hydrogens (tertiary/aromatic N) is 1. The largest absolute Gasteiger partial charge is 0.340 e. The molecule has 5 nitrogen and oxygen atoms in total. The number of rotatable bonds is 7. The van der Waals surface area contributed by atoms with Gasteiger partial charge in [0.25, 0.3) is 5.91 Å². The minimum atomic E-state index is -3.40. The van der Waals surface area contributed by atoms with Crippen LogP contribution in [0.3, 0.4) is 0 Å². The molecule has 1 N–H and O–H groups in total. The number of likely N-dealkylation sites (N-methyl/N-ethyl adjacent to an activating group) is 2. The van der Waals surface area contributed by atoms with Crippen LogP contribution in [0.25, 0.3) is 0 Å². The normalized spacial score (nSPS) is 11.3. The molecule has 0 radical (unpaired) electrons. The van der Waals surface area contributed by atoms with Gasteiger partial charge in [0.2, 0.25) is 0 Å². The maximum Gasteiger partial charge on any atom is 0.254 e. The van der Waals surface area contributed by atoms with Gasteiger partial charge in [0.15, 0.2) is 9.84 Å². The second kappa shape index (κ2) is 7.40. The van der Waals surface area contributed by atoms with Crippen LogP contribution in [0.15, 0.2) is 29.2 Å². The van der Waals surface area contributed by atoms with E-state index in [4.69, 9.17) is 0 Å². The summed E-state index contributed by atoms with van der Waals surface area (Å²) >= 11 is 0. The van der Waals surface area contributed by atoms with E-state index in [-0.39, 0.29) is 22.1 Å². The third kappa shape index (κ3) is 4.05. The fourth-order valence-electron chi connectivity index (χ4n) is 1.88. The van der Waals surface area contributed by atoms with Crippen LogP contribution in [0.1, 0.15) is 23.7 Å². The van der Waals surface area contributed by atoms with Crippen LogP contribution in [-0.4, -0.2) is 52.2 Å². The van der Waals surface area contributed by atoms with Crippen molar-refractivity contribution < 1.29 is 13.2 Å². The van der Waals surface area contributed by atoms with Gasteiger partial charge in [0, 0.05) is 20.1 Å². The van der Waals surface area contributed by atoms with Gasteiger partial charge in [0.05, 0.1) is 16.2 Å². The summed E-state index contributed by atoms with van der Waals surface area (Å²) < 4.78 is 24.4. The quantitative estimate of drug-likeness (QED) is 0.820. The van der Waals surface area contributed by atoms with Crippen LogP contribution >= 0.6 is 0 Å². The van der Waals surface area contributed by atoms with Crippen molar-refractivity contribution in [1.82, 2.24) is 10.2 Å². The van der Waals surface area contributed by atoms with Gasteiger partial charge in [-0.1, -0.05) is 19.1 Å². The molecule has 6 heteroatoms. The van der Waals surface area contributed by atoms with E-state index >= 15 is 0 Å². The molecule has 0 aliphatic rings. The zero-order valence-electron chi connectivity index (χ0n) is 12.2. The first kappa shape index (κ1) is 16.7. The number of carbonyl (C=O) groups excluding carboxylic acids is 1. The van der Waals surface area contributed by atoms with Crippen LogP contribution in [0.2, 0.25) is 0 Å². The third-order valence-corrected chi connectivity index (χ3v) is 4.94. The van der Waals surface area contributed by atoms with Crippen LogP contribution in [0.5, 0.6) is 0 Å². The molecule has 20 heavy (non-hydrogen) atoms. The van der Waals surface area contributed by atoms with Gasteiger partial charge in [-0.3, -0.25) is 4.79 Å². The van der Waals surface area contributed by atoms with Crippen molar-refractivity contribution >= 4 is 15.7 Å². The molecule has 1 aromatic rings. The van der Waals surface area contributed by atoms with E-state index in [1.54, 1.807) is 39.2 Å². The van der Waals surface area contributed by atoms with Crippen molar-refractivity contribution in [3.8, 4) is 0 Å². The minimum absolute atomic E-state index is 0.0531. The summed E-state index contributed by atoms with van der Waals surface area (Å²) in [7, 11) is 0.0699. The van der Waals surface area contributed by atoms with Gasteiger partial charge in [0.1, 0.15) is 0 Å². The molecular formula is C14H22N2O3S. The van der Waals surface area contributed by atoms with Crippen LogP contribution in [0, 0.1) is 0 Å². The van der Waals surface area contributed by atoms with E-state index in [0.29, 0.717) is 19.5 Å². The Morgan fingerprint density at radius 1 is 1.30 bits per heavy atom. The van der Waals surface area contributed by atoms with Gasteiger partial charge in [-0.15, -0.1) is 0 Å². The molecule has 1 rings (SSSR count). The Hall–Kier alpha value is -1.40. The molecular weight excluding hydrogens is 276 g/mol. The molecule has 0 saturated heterocycles. The molecule has 0 spiro atoms. The Labute approximate surface area is 120 Å². The van der Waals surface area contributed by atoms with Gasteiger partial charge in [-0.25, -0.2) is 8.42 Å². The predicted molar refractivity (Wildman–Crippen MR) is 79.7 cm³/mol. The Bertz CT molecular complexity index is 555. The Morgan fingerprint density at radius 2 is 1.95 bits per heavy atom. The molecule has 1 aromatic carbocycles. The lowest BCUT2D eigenvalue weighted by molar-refractivity contribution is 0.0793. The van der Waals surface area contributed by atoms with E-state index < -0.39 is 9.84 Å². The summed E-state index contributed by atoms with van der Waals surface area (Å²) in [6.07, 6.45) is 0.528. The molecule has 0 unspecified atom stereocenters. The second-order valence-electron chi connectivity index (χ2n) is 4.65. The molecule has 0 aliphatic carbocycles. The van der Waals surface area contributed by atoms with Gasteiger partial charge in [-0.2, -0.15) is 0 Å². The van der Waals surface area contributed by atoms with E-state index in [1.807, 2.05) is 0 Å². The molecule has 112 valence electrons. The van der Waals surface area contributed by atoms with E-state index in [1.165, 1.54) is 11.0 Å². The Morgan fingerprint density at radius 3 is 2.55 bits per heavy atom. The molecule has 1 amide bonds. The SMILES string of the molecule is CCCS(=O)(=O)c1ccccc1C(=O)N(C)CCNC. The molecule has 0 heterocycles. The molecule has 0 fully saturated rings. The number of carbonyl (C=O) groups is 1. The third-order valence-electron chi connectivity index (χ3n) is 2.97. The zero-order valence-corrected chi connectivity index (χ0v) is 13.0. The second-order valence-corrected chi connectivity index (χ2v) is 6.72. The first-order chi connectivity index (χ1) is 9.44. The van der Waals surface area contributed by atoms with Crippen molar-refractivity contribution in [2.75, 3.05) is 32.9 Å². The first-order valence-electron chi connectivity index (χ1n) is 6.66. The molecule has 0 aliphatic heterocycles. The van der Waals surface area contributed by atoms with E-state index in [9.17, 15) is 13.2 Å². The highest BCUT2D eigenvalue weighted by molar-refractivity contribution is 7.91. The van der Waals surface area contributed by atoms with Crippen molar-refractivity contribution in [1.29, 1.82) is 0 Å². The highest BCUT2D eigenvalue weighted by atomic mass is 32.2. The topological polar surface area (TPSA) is 66.5 Å². The van der Waals surface area contributed by atoms with Gasteiger partial charge >= 0.3 is 0 Å². The molecule has 0 saturated carbocycles.